The van der Waals surface area contributed by atoms with Crippen LogP contribution in [-0.4, -0.2) is 11.0 Å². The minimum Gasteiger partial charge on any atom is -0.159 e. The first kappa shape index (κ1) is 17.4. The van der Waals surface area contributed by atoms with Crippen LogP contribution in [0.3, 0.4) is 0 Å². The summed E-state index contributed by atoms with van der Waals surface area (Å²) in [6.45, 7) is 2.30. The summed E-state index contributed by atoms with van der Waals surface area (Å²) in [5.74, 6) is 1.43. The summed E-state index contributed by atoms with van der Waals surface area (Å²) in [5.41, 5.74) is 0. The molecule has 0 amide bonds. The van der Waals surface area contributed by atoms with Crippen molar-refractivity contribution in [3.05, 3.63) is 0 Å². The summed E-state index contributed by atoms with van der Waals surface area (Å²) in [5, 5.41) is 1.02. The Balaban J connectivity index is 1.71. The molecule has 114 valence electrons. The van der Waals surface area contributed by atoms with Crippen molar-refractivity contribution in [3.63, 3.8) is 0 Å². The number of hydrogen-bond donors (Lipinski definition) is 0. The van der Waals surface area contributed by atoms with Crippen molar-refractivity contribution in [2.24, 2.45) is 0 Å². The molecule has 1 aliphatic carbocycles. The Hall–Kier alpha value is 0.350. The molecule has 0 bridgehead atoms. The standard InChI is InChI=1S/C18H36S/c1-2-3-4-5-6-7-8-9-10-14-17-19-18-15-12-11-13-16-18/h18H,2-17H2,1H3. The fourth-order valence-corrected chi connectivity index (χ4v) is 4.44. The second-order valence-electron chi connectivity index (χ2n) is 6.31. The molecule has 0 heterocycles. The molecule has 1 aliphatic rings. The molecule has 0 unspecified atom stereocenters. The van der Waals surface area contributed by atoms with E-state index in [0.717, 1.165) is 5.25 Å². The molecule has 0 aromatic carbocycles. The first-order valence-corrected chi connectivity index (χ1v) is 10.1. The first-order chi connectivity index (χ1) is 9.43. The second kappa shape index (κ2) is 13.3. The minimum absolute atomic E-state index is 1.02. The molecule has 1 rings (SSSR count). The summed E-state index contributed by atoms with van der Waals surface area (Å²) >= 11 is 2.27. The van der Waals surface area contributed by atoms with Gasteiger partial charge < -0.3 is 0 Å². The quantitative estimate of drug-likeness (QED) is 0.349. The largest absolute Gasteiger partial charge is 0.159 e. The molecule has 0 aromatic heterocycles. The van der Waals surface area contributed by atoms with Gasteiger partial charge >= 0.3 is 0 Å². The van der Waals surface area contributed by atoms with Gasteiger partial charge in [0.15, 0.2) is 0 Å². The van der Waals surface area contributed by atoms with E-state index in [0.29, 0.717) is 0 Å². The van der Waals surface area contributed by atoms with Gasteiger partial charge in [-0.1, -0.05) is 84.0 Å². The van der Waals surface area contributed by atoms with Crippen molar-refractivity contribution in [3.8, 4) is 0 Å². The molecule has 1 fully saturated rings. The van der Waals surface area contributed by atoms with Gasteiger partial charge in [-0.2, -0.15) is 11.8 Å². The lowest BCUT2D eigenvalue weighted by molar-refractivity contribution is 0.515. The van der Waals surface area contributed by atoms with Gasteiger partial charge in [-0.15, -0.1) is 0 Å². The molecule has 0 N–H and O–H groups in total. The maximum atomic E-state index is 2.30. The summed E-state index contributed by atoms with van der Waals surface area (Å²) in [6.07, 6.45) is 22.1. The molecule has 0 radical (unpaired) electrons. The van der Waals surface area contributed by atoms with Crippen LogP contribution in [0.2, 0.25) is 0 Å². The van der Waals surface area contributed by atoms with Gasteiger partial charge in [0.2, 0.25) is 0 Å². The van der Waals surface area contributed by atoms with Crippen molar-refractivity contribution < 1.29 is 0 Å². The summed E-state index contributed by atoms with van der Waals surface area (Å²) < 4.78 is 0. The van der Waals surface area contributed by atoms with Gasteiger partial charge in [0.1, 0.15) is 0 Å². The number of rotatable bonds is 12. The maximum Gasteiger partial charge on any atom is 0.00470 e. The molecule has 0 atom stereocenters. The molecule has 0 aliphatic heterocycles. The van der Waals surface area contributed by atoms with E-state index in [4.69, 9.17) is 0 Å². The molecule has 1 saturated carbocycles. The van der Waals surface area contributed by atoms with Crippen LogP contribution in [0.5, 0.6) is 0 Å². The Labute approximate surface area is 126 Å². The highest BCUT2D eigenvalue weighted by Gasteiger charge is 2.12. The van der Waals surface area contributed by atoms with Crippen molar-refractivity contribution in [1.29, 1.82) is 0 Å². The predicted octanol–water partition coefficient (Wildman–Crippen LogP) is 6.97. The summed E-state index contributed by atoms with van der Waals surface area (Å²) in [4.78, 5) is 0. The van der Waals surface area contributed by atoms with E-state index in [1.807, 2.05) is 0 Å². The zero-order chi connectivity index (χ0) is 13.6. The lowest BCUT2D eigenvalue weighted by atomic mass is 10.0. The van der Waals surface area contributed by atoms with E-state index in [1.165, 1.54) is 102 Å². The molecular formula is C18H36S. The smallest absolute Gasteiger partial charge is 0.00470 e. The number of unbranched alkanes of at least 4 members (excludes halogenated alkanes) is 9. The predicted molar refractivity (Wildman–Crippen MR) is 91.2 cm³/mol. The van der Waals surface area contributed by atoms with E-state index < -0.39 is 0 Å². The van der Waals surface area contributed by atoms with Crippen LogP contribution >= 0.6 is 11.8 Å². The average molecular weight is 285 g/mol. The average Bonchev–Trinajstić information content (AvgIpc) is 2.46. The fraction of sp³-hybridized carbons (Fsp3) is 1.00. The van der Waals surface area contributed by atoms with Crippen LogP contribution in [0.15, 0.2) is 0 Å². The van der Waals surface area contributed by atoms with Crippen LogP contribution < -0.4 is 0 Å². The Bertz CT molecular complexity index is 173. The molecule has 0 aromatic rings. The highest BCUT2D eigenvalue weighted by Crippen LogP contribution is 2.28. The Kier molecular flexibility index (Phi) is 12.2. The van der Waals surface area contributed by atoms with Gasteiger partial charge in [0.25, 0.3) is 0 Å². The molecule has 1 heteroatoms. The topological polar surface area (TPSA) is 0 Å². The lowest BCUT2D eigenvalue weighted by Gasteiger charge is -2.20. The summed E-state index contributed by atoms with van der Waals surface area (Å²) in [6, 6.07) is 0. The summed E-state index contributed by atoms with van der Waals surface area (Å²) in [7, 11) is 0. The van der Waals surface area contributed by atoms with Gasteiger partial charge in [-0.05, 0) is 25.0 Å². The van der Waals surface area contributed by atoms with E-state index in [9.17, 15) is 0 Å². The van der Waals surface area contributed by atoms with E-state index in [2.05, 4.69) is 18.7 Å². The van der Waals surface area contributed by atoms with Crippen molar-refractivity contribution in [2.75, 3.05) is 5.75 Å². The van der Waals surface area contributed by atoms with Gasteiger partial charge in [0.05, 0.1) is 0 Å². The Morgan fingerprint density at radius 3 is 1.79 bits per heavy atom. The fourth-order valence-electron chi connectivity index (χ4n) is 3.07. The third-order valence-corrected chi connectivity index (χ3v) is 5.87. The second-order valence-corrected chi connectivity index (χ2v) is 7.72. The third kappa shape index (κ3) is 10.8. The highest BCUT2D eigenvalue weighted by atomic mass is 32.2. The van der Waals surface area contributed by atoms with Crippen LogP contribution in [0.25, 0.3) is 0 Å². The normalized spacial score (nSPS) is 16.9. The molecule has 0 nitrogen and oxygen atoms in total. The Morgan fingerprint density at radius 2 is 1.21 bits per heavy atom. The highest BCUT2D eigenvalue weighted by molar-refractivity contribution is 7.99. The monoisotopic (exact) mass is 284 g/mol. The zero-order valence-electron chi connectivity index (χ0n) is 13.3. The SMILES string of the molecule is CCCCCCCCCCCCSC1CCCCC1. The van der Waals surface area contributed by atoms with Crippen LogP contribution in [0, 0.1) is 0 Å². The van der Waals surface area contributed by atoms with E-state index in [-0.39, 0.29) is 0 Å². The lowest BCUT2D eigenvalue weighted by Crippen LogP contribution is -2.08. The van der Waals surface area contributed by atoms with Crippen LogP contribution in [0.1, 0.15) is 103 Å². The van der Waals surface area contributed by atoms with Crippen molar-refractivity contribution in [1.82, 2.24) is 0 Å². The number of hydrogen-bond acceptors (Lipinski definition) is 1. The number of thioether (sulfide) groups is 1. The molecular weight excluding hydrogens is 248 g/mol. The van der Waals surface area contributed by atoms with Gasteiger partial charge in [-0.25, -0.2) is 0 Å². The van der Waals surface area contributed by atoms with Gasteiger partial charge in [-0.3, -0.25) is 0 Å². The zero-order valence-corrected chi connectivity index (χ0v) is 14.1. The molecule has 0 saturated heterocycles. The van der Waals surface area contributed by atoms with E-state index in [1.54, 1.807) is 0 Å². The van der Waals surface area contributed by atoms with Crippen LogP contribution in [0.4, 0.5) is 0 Å². The third-order valence-electron chi connectivity index (χ3n) is 4.40. The van der Waals surface area contributed by atoms with Crippen molar-refractivity contribution >= 4 is 11.8 Å². The minimum atomic E-state index is 1.02. The Morgan fingerprint density at radius 1 is 0.684 bits per heavy atom. The van der Waals surface area contributed by atoms with E-state index >= 15 is 0 Å². The molecule has 0 spiro atoms. The maximum absolute atomic E-state index is 2.30. The van der Waals surface area contributed by atoms with Gasteiger partial charge in [0, 0.05) is 5.25 Å². The first-order valence-electron chi connectivity index (χ1n) is 9.05. The van der Waals surface area contributed by atoms with Crippen molar-refractivity contribution in [2.45, 2.75) is 108 Å². The van der Waals surface area contributed by atoms with Crippen LogP contribution in [-0.2, 0) is 0 Å². The molecule has 19 heavy (non-hydrogen) atoms.